The lowest BCUT2D eigenvalue weighted by Gasteiger charge is -2.18. The van der Waals surface area contributed by atoms with Crippen molar-refractivity contribution in [3.63, 3.8) is 0 Å². The SMILES string of the molecule is CCC(C)[n+]1c(C(C)C)cc(C)cc1C(C)C. The van der Waals surface area contributed by atoms with E-state index in [4.69, 9.17) is 0 Å². The Morgan fingerprint density at radius 2 is 1.35 bits per heavy atom. The summed E-state index contributed by atoms with van der Waals surface area (Å²) in [5.41, 5.74) is 4.34. The van der Waals surface area contributed by atoms with Gasteiger partial charge in [-0.15, -0.1) is 0 Å². The van der Waals surface area contributed by atoms with E-state index in [-0.39, 0.29) is 0 Å². The van der Waals surface area contributed by atoms with Crippen molar-refractivity contribution in [1.29, 1.82) is 0 Å². The maximum Gasteiger partial charge on any atom is 0.184 e. The molecule has 0 radical (unpaired) electrons. The Morgan fingerprint density at radius 3 is 1.65 bits per heavy atom. The van der Waals surface area contributed by atoms with Crippen molar-refractivity contribution in [3.8, 4) is 0 Å². The van der Waals surface area contributed by atoms with E-state index in [9.17, 15) is 0 Å². The third kappa shape index (κ3) is 3.08. The summed E-state index contributed by atoms with van der Waals surface area (Å²) in [5.74, 6) is 1.17. The zero-order valence-electron chi connectivity index (χ0n) is 12.5. The zero-order valence-corrected chi connectivity index (χ0v) is 12.5. The van der Waals surface area contributed by atoms with Gasteiger partial charge in [0.2, 0.25) is 0 Å². The van der Waals surface area contributed by atoms with Gasteiger partial charge in [-0.3, -0.25) is 0 Å². The Bertz CT molecular complexity index is 348. The molecule has 0 saturated carbocycles. The lowest BCUT2D eigenvalue weighted by atomic mass is 9.99. The normalized spacial score (nSPS) is 13.5. The molecule has 1 heterocycles. The highest BCUT2D eigenvalue weighted by Gasteiger charge is 2.26. The summed E-state index contributed by atoms with van der Waals surface area (Å²) in [4.78, 5) is 0. The molecule has 0 aliphatic heterocycles. The van der Waals surface area contributed by atoms with Crippen molar-refractivity contribution in [1.82, 2.24) is 0 Å². The Hall–Kier alpha value is -0.850. The number of aryl methyl sites for hydroxylation is 1. The molecule has 1 heteroatoms. The fourth-order valence-corrected chi connectivity index (χ4v) is 2.38. The minimum atomic E-state index is 0.585. The molecule has 17 heavy (non-hydrogen) atoms. The molecule has 0 aliphatic carbocycles. The molecule has 0 N–H and O–H groups in total. The predicted octanol–water partition coefficient (Wildman–Crippen LogP) is 4.50. The van der Waals surface area contributed by atoms with E-state index < -0.39 is 0 Å². The fourth-order valence-electron chi connectivity index (χ4n) is 2.38. The third-order valence-corrected chi connectivity index (χ3v) is 3.52. The lowest BCUT2D eigenvalue weighted by Crippen LogP contribution is -2.46. The molecule has 0 saturated heterocycles. The molecule has 0 aliphatic rings. The van der Waals surface area contributed by atoms with E-state index in [1.165, 1.54) is 23.4 Å². The van der Waals surface area contributed by atoms with Gasteiger partial charge in [-0.05, 0) is 19.4 Å². The van der Waals surface area contributed by atoms with Gasteiger partial charge in [0.1, 0.15) is 0 Å². The van der Waals surface area contributed by atoms with Gasteiger partial charge in [0.25, 0.3) is 0 Å². The first-order chi connectivity index (χ1) is 7.88. The Kier molecular flexibility index (Phi) is 4.73. The van der Waals surface area contributed by atoms with E-state index >= 15 is 0 Å². The molecular formula is C16H28N+. The second kappa shape index (κ2) is 5.66. The Morgan fingerprint density at radius 1 is 0.941 bits per heavy atom. The van der Waals surface area contributed by atoms with Gasteiger partial charge in [-0.2, -0.15) is 4.57 Å². The molecule has 1 nitrogen and oxygen atoms in total. The first-order valence-electron chi connectivity index (χ1n) is 6.94. The summed E-state index contributed by atoms with van der Waals surface area (Å²) in [6, 6.07) is 5.29. The van der Waals surface area contributed by atoms with Crippen molar-refractivity contribution in [2.45, 2.75) is 72.8 Å². The molecule has 0 spiro atoms. The van der Waals surface area contributed by atoms with Crippen LogP contribution in [0.4, 0.5) is 0 Å². The van der Waals surface area contributed by atoms with Gasteiger partial charge in [0.15, 0.2) is 17.4 Å². The monoisotopic (exact) mass is 234 g/mol. The first kappa shape index (κ1) is 14.2. The number of aromatic nitrogens is 1. The van der Waals surface area contributed by atoms with Crippen molar-refractivity contribution >= 4 is 0 Å². The number of hydrogen-bond acceptors (Lipinski definition) is 0. The van der Waals surface area contributed by atoms with Crippen LogP contribution in [0.15, 0.2) is 12.1 Å². The molecule has 0 amide bonds. The highest BCUT2D eigenvalue weighted by molar-refractivity contribution is 5.18. The smallest absolute Gasteiger partial charge is 0.184 e. The topological polar surface area (TPSA) is 3.88 Å². The van der Waals surface area contributed by atoms with E-state index in [0.29, 0.717) is 17.9 Å². The van der Waals surface area contributed by atoms with E-state index in [1.54, 1.807) is 0 Å². The van der Waals surface area contributed by atoms with Crippen molar-refractivity contribution in [2.24, 2.45) is 0 Å². The van der Waals surface area contributed by atoms with Crippen LogP contribution in [0.25, 0.3) is 0 Å². The Labute approximate surface area is 107 Å². The molecule has 0 fully saturated rings. The summed E-state index contributed by atoms with van der Waals surface area (Å²) < 4.78 is 2.56. The Balaban J connectivity index is 3.47. The van der Waals surface area contributed by atoms with Crippen molar-refractivity contribution in [3.05, 3.63) is 29.1 Å². The molecule has 1 aromatic rings. The first-order valence-corrected chi connectivity index (χ1v) is 6.94. The molecule has 1 unspecified atom stereocenters. The van der Waals surface area contributed by atoms with Gasteiger partial charge in [-0.25, -0.2) is 0 Å². The van der Waals surface area contributed by atoms with Crippen LogP contribution in [-0.4, -0.2) is 0 Å². The van der Waals surface area contributed by atoms with Gasteiger partial charge in [0.05, 0.1) is 0 Å². The largest absolute Gasteiger partial charge is 0.197 e. The van der Waals surface area contributed by atoms with Crippen LogP contribution in [0.5, 0.6) is 0 Å². The van der Waals surface area contributed by atoms with E-state index in [0.717, 1.165) is 0 Å². The van der Waals surface area contributed by atoms with Gasteiger partial charge in [-0.1, -0.05) is 34.6 Å². The summed E-state index contributed by atoms with van der Waals surface area (Å²) in [5, 5.41) is 0. The summed E-state index contributed by atoms with van der Waals surface area (Å²) in [6.45, 7) is 16.0. The summed E-state index contributed by atoms with van der Waals surface area (Å²) in [7, 11) is 0. The van der Waals surface area contributed by atoms with E-state index in [2.05, 4.69) is 65.2 Å². The highest BCUT2D eigenvalue weighted by Crippen LogP contribution is 2.21. The van der Waals surface area contributed by atoms with Crippen LogP contribution in [0.2, 0.25) is 0 Å². The third-order valence-electron chi connectivity index (χ3n) is 3.52. The maximum atomic E-state index is 2.56. The molecule has 1 rings (SSSR count). The van der Waals surface area contributed by atoms with Gasteiger partial charge in [0, 0.05) is 30.4 Å². The van der Waals surface area contributed by atoms with Crippen LogP contribution in [-0.2, 0) is 0 Å². The maximum absolute atomic E-state index is 2.56. The summed E-state index contributed by atoms with van der Waals surface area (Å²) >= 11 is 0. The van der Waals surface area contributed by atoms with Crippen molar-refractivity contribution in [2.75, 3.05) is 0 Å². The molecule has 0 aromatic carbocycles. The number of hydrogen-bond donors (Lipinski definition) is 0. The average molecular weight is 234 g/mol. The summed E-state index contributed by atoms with van der Waals surface area (Å²) in [6.07, 6.45) is 1.19. The van der Waals surface area contributed by atoms with Crippen molar-refractivity contribution < 1.29 is 4.57 Å². The zero-order chi connectivity index (χ0) is 13.2. The minimum absolute atomic E-state index is 0.585. The van der Waals surface area contributed by atoms with Crippen LogP contribution < -0.4 is 4.57 Å². The number of nitrogens with zero attached hydrogens (tertiary/aromatic N) is 1. The van der Waals surface area contributed by atoms with Crippen LogP contribution in [0.1, 0.15) is 82.8 Å². The number of pyridine rings is 1. The van der Waals surface area contributed by atoms with Crippen LogP contribution >= 0.6 is 0 Å². The van der Waals surface area contributed by atoms with Crippen LogP contribution in [0.3, 0.4) is 0 Å². The molecule has 96 valence electrons. The second-order valence-electron chi connectivity index (χ2n) is 5.82. The van der Waals surface area contributed by atoms with Gasteiger partial charge >= 0.3 is 0 Å². The fraction of sp³-hybridized carbons (Fsp3) is 0.688. The second-order valence-corrected chi connectivity index (χ2v) is 5.82. The highest BCUT2D eigenvalue weighted by atomic mass is 15.0. The minimum Gasteiger partial charge on any atom is -0.197 e. The van der Waals surface area contributed by atoms with E-state index in [1.807, 2.05) is 0 Å². The molecule has 1 aromatic heterocycles. The molecular weight excluding hydrogens is 206 g/mol. The van der Waals surface area contributed by atoms with Crippen LogP contribution in [0, 0.1) is 6.92 Å². The number of rotatable bonds is 4. The standard InChI is InChI=1S/C16H28N/c1-8-14(7)17-15(11(2)3)9-13(6)10-16(17)12(4)5/h9-12,14H,8H2,1-7H3/q+1. The average Bonchev–Trinajstić information content (AvgIpc) is 2.26. The molecule has 1 atom stereocenters. The lowest BCUT2D eigenvalue weighted by molar-refractivity contribution is -0.735. The molecule has 0 bridgehead atoms. The van der Waals surface area contributed by atoms with Gasteiger partial charge < -0.3 is 0 Å². The predicted molar refractivity (Wildman–Crippen MR) is 74.6 cm³/mol. The quantitative estimate of drug-likeness (QED) is 0.675.